The Hall–Kier alpha value is -2.90. The molecule has 0 saturated carbocycles. The Kier molecular flexibility index (Phi) is 8.70. The van der Waals surface area contributed by atoms with Gasteiger partial charge in [0, 0.05) is 27.4 Å². The molecule has 2 heterocycles. The zero-order valence-corrected chi connectivity index (χ0v) is 23.7. The quantitative estimate of drug-likeness (QED) is 0.211. The van der Waals surface area contributed by atoms with E-state index in [4.69, 9.17) is 4.74 Å². The molecule has 0 aliphatic rings. The fraction of sp³-hybridized carbons (Fsp3) is 0.458. The summed E-state index contributed by atoms with van der Waals surface area (Å²) in [5, 5.41) is 2.99. The SMILES string of the molecule is CCCS(=O)(=O)N(COCC[Si](C)(C)C)c1ncc(F)c(Nc2ccc3ncn(C)c(=O)c3c2C)c1F. The average Bonchev–Trinajstić information content (AvgIpc) is 2.80. The molecule has 37 heavy (non-hydrogen) atoms. The molecule has 0 atom stereocenters. The van der Waals surface area contributed by atoms with Crippen LogP contribution in [0.2, 0.25) is 25.7 Å². The number of halogens is 2. The molecule has 1 aromatic carbocycles. The molecule has 0 saturated heterocycles. The van der Waals surface area contributed by atoms with Crippen LogP contribution in [-0.4, -0.2) is 50.1 Å². The first-order chi connectivity index (χ1) is 17.3. The molecule has 0 spiro atoms. The Morgan fingerprint density at radius 1 is 1.19 bits per heavy atom. The number of fused-ring (bicyclic) bond motifs is 1. The fourth-order valence-electron chi connectivity index (χ4n) is 3.63. The van der Waals surface area contributed by atoms with Gasteiger partial charge in [-0.05, 0) is 37.1 Å². The van der Waals surface area contributed by atoms with E-state index < -0.39 is 48.0 Å². The van der Waals surface area contributed by atoms with E-state index in [-0.39, 0.29) is 17.0 Å². The summed E-state index contributed by atoms with van der Waals surface area (Å²) in [7, 11) is -3.89. The van der Waals surface area contributed by atoms with Crippen molar-refractivity contribution in [2.45, 2.75) is 46.0 Å². The summed E-state index contributed by atoms with van der Waals surface area (Å²) >= 11 is 0. The molecule has 1 N–H and O–H groups in total. The zero-order valence-electron chi connectivity index (χ0n) is 21.9. The molecule has 3 rings (SSSR count). The maximum Gasteiger partial charge on any atom is 0.261 e. The lowest BCUT2D eigenvalue weighted by Gasteiger charge is -2.25. The molecule has 0 aliphatic carbocycles. The molecule has 3 aromatic rings. The number of aromatic nitrogens is 3. The third-order valence-electron chi connectivity index (χ3n) is 5.80. The largest absolute Gasteiger partial charge is 0.360 e. The highest BCUT2D eigenvalue weighted by molar-refractivity contribution is 7.92. The standard InChI is InChI=1S/C24H33F2N5O4SSi/c1-7-11-36(33,34)31(15-35-10-12-37(4,5)6)23-21(26)22(17(25)13-27-23)29-18-8-9-19-20(16(18)2)24(32)30(3)14-28-19/h8-9,13-14H,7,10-12,15H2,1-6H3,(H,27,29). The second-order valence-electron chi connectivity index (χ2n) is 10.0. The number of hydrogen-bond donors (Lipinski definition) is 1. The number of pyridine rings is 1. The summed E-state index contributed by atoms with van der Waals surface area (Å²) < 4.78 is 64.2. The van der Waals surface area contributed by atoms with Crippen LogP contribution in [0.25, 0.3) is 10.9 Å². The van der Waals surface area contributed by atoms with Crippen molar-refractivity contribution in [3.63, 3.8) is 0 Å². The lowest BCUT2D eigenvalue weighted by Crippen LogP contribution is -2.37. The molecular weight excluding hydrogens is 520 g/mol. The van der Waals surface area contributed by atoms with Gasteiger partial charge in [-0.2, -0.15) is 0 Å². The molecule has 202 valence electrons. The number of ether oxygens (including phenoxy) is 1. The van der Waals surface area contributed by atoms with E-state index in [1.165, 1.54) is 10.9 Å². The van der Waals surface area contributed by atoms with E-state index in [2.05, 4.69) is 34.9 Å². The van der Waals surface area contributed by atoms with Gasteiger partial charge < -0.3 is 14.6 Å². The number of anilines is 3. The molecular formula is C24H33F2N5O4SSi. The van der Waals surface area contributed by atoms with Gasteiger partial charge in [0.1, 0.15) is 12.4 Å². The number of benzene rings is 1. The molecule has 9 nitrogen and oxygen atoms in total. The molecule has 0 fully saturated rings. The van der Waals surface area contributed by atoms with Crippen molar-refractivity contribution in [2.75, 3.05) is 28.7 Å². The first-order valence-electron chi connectivity index (χ1n) is 11.9. The molecule has 0 radical (unpaired) electrons. The monoisotopic (exact) mass is 553 g/mol. The predicted molar refractivity (Wildman–Crippen MR) is 145 cm³/mol. The normalized spacial score (nSPS) is 12.2. The second-order valence-corrected chi connectivity index (χ2v) is 17.7. The highest BCUT2D eigenvalue weighted by Gasteiger charge is 2.29. The minimum atomic E-state index is -4.00. The Labute approximate surface area is 216 Å². The summed E-state index contributed by atoms with van der Waals surface area (Å²) in [5.41, 5.74) is 0.243. The third kappa shape index (κ3) is 6.51. The van der Waals surface area contributed by atoms with Crippen molar-refractivity contribution in [3.8, 4) is 0 Å². The van der Waals surface area contributed by atoms with Crippen molar-refractivity contribution in [2.24, 2.45) is 7.05 Å². The lowest BCUT2D eigenvalue weighted by molar-refractivity contribution is 0.155. The summed E-state index contributed by atoms with van der Waals surface area (Å²) in [4.78, 5) is 20.6. The summed E-state index contributed by atoms with van der Waals surface area (Å²) in [6, 6.07) is 3.90. The van der Waals surface area contributed by atoms with Crippen LogP contribution in [0.1, 0.15) is 18.9 Å². The second kappa shape index (κ2) is 11.2. The Morgan fingerprint density at radius 2 is 1.89 bits per heavy atom. The van der Waals surface area contributed by atoms with E-state index in [1.54, 1.807) is 33.0 Å². The minimum absolute atomic E-state index is 0.258. The summed E-state index contributed by atoms with van der Waals surface area (Å²) in [6.45, 7) is 9.64. The van der Waals surface area contributed by atoms with Gasteiger partial charge in [-0.15, -0.1) is 0 Å². The van der Waals surface area contributed by atoms with Crippen molar-refractivity contribution in [3.05, 3.63) is 52.2 Å². The lowest BCUT2D eigenvalue weighted by atomic mass is 10.1. The molecule has 2 aromatic heterocycles. The topological polar surface area (TPSA) is 106 Å². The maximum absolute atomic E-state index is 15.7. The molecule has 13 heteroatoms. The van der Waals surface area contributed by atoms with Crippen LogP contribution < -0.4 is 15.2 Å². The van der Waals surface area contributed by atoms with Gasteiger partial charge in [-0.1, -0.05) is 26.6 Å². The average molecular weight is 554 g/mol. The van der Waals surface area contributed by atoms with E-state index >= 15 is 4.39 Å². The maximum atomic E-state index is 15.7. The first kappa shape index (κ1) is 28.7. The van der Waals surface area contributed by atoms with E-state index in [0.29, 0.717) is 29.5 Å². The third-order valence-corrected chi connectivity index (χ3v) is 9.38. The summed E-state index contributed by atoms with van der Waals surface area (Å²) in [6.07, 6.45) is 2.44. The van der Waals surface area contributed by atoms with Crippen molar-refractivity contribution in [1.82, 2.24) is 14.5 Å². The number of sulfonamides is 1. The van der Waals surface area contributed by atoms with E-state index in [9.17, 15) is 17.6 Å². The Balaban J connectivity index is 2.03. The molecule has 0 aliphatic heterocycles. The van der Waals surface area contributed by atoms with Crippen LogP contribution in [-0.2, 0) is 21.8 Å². The first-order valence-corrected chi connectivity index (χ1v) is 17.2. The number of rotatable bonds is 11. The van der Waals surface area contributed by atoms with Gasteiger partial charge in [0.25, 0.3) is 5.56 Å². The zero-order chi connectivity index (χ0) is 27.5. The van der Waals surface area contributed by atoms with Crippen molar-refractivity contribution in [1.29, 1.82) is 0 Å². The van der Waals surface area contributed by atoms with Gasteiger partial charge in [0.05, 0.1) is 29.2 Å². The number of aryl methyl sites for hydroxylation is 2. The summed E-state index contributed by atoms with van der Waals surface area (Å²) in [5.74, 6) is -3.04. The fourth-order valence-corrected chi connectivity index (χ4v) is 5.75. The van der Waals surface area contributed by atoms with Gasteiger partial charge in [-0.3, -0.25) is 4.79 Å². The highest BCUT2D eigenvalue weighted by Crippen LogP contribution is 2.32. The number of nitrogens with zero attached hydrogens (tertiary/aromatic N) is 4. The Bertz CT molecular complexity index is 1460. The van der Waals surface area contributed by atoms with Crippen LogP contribution in [0.15, 0.2) is 29.5 Å². The van der Waals surface area contributed by atoms with E-state index in [0.717, 1.165) is 16.5 Å². The van der Waals surface area contributed by atoms with Crippen LogP contribution in [0.3, 0.4) is 0 Å². The van der Waals surface area contributed by atoms with Crippen LogP contribution in [0.4, 0.5) is 26.0 Å². The smallest absolute Gasteiger partial charge is 0.261 e. The van der Waals surface area contributed by atoms with Crippen molar-refractivity contribution < 1.29 is 21.9 Å². The molecule has 0 bridgehead atoms. The number of hydrogen-bond acceptors (Lipinski definition) is 7. The van der Waals surface area contributed by atoms with Gasteiger partial charge >= 0.3 is 0 Å². The van der Waals surface area contributed by atoms with Crippen LogP contribution in [0, 0.1) is 18.6 Å². The predicted octanol–water partition coefficient (Wildman–Crippen LogP) is 4.52. The van der Waals surface area contributed by atoms with Crippen LogP contribution in [0.5, 0.6) is 0 Å². The van der Waals surface area contributed by atoms with Crippen molar-refractivity contribution >= 4 is 46.2 Å². The highest BCUT2D eigenvalue weighted by atomic mass is 32.2. The van der Waals surface area contributed by atoms with E-state index in [1.807, 2.05) is 0 Å². The minimum Gasteiger partial charge on any atom is -0.360 e. The Morgan fingerprint density at radius 3 is 2.54 bits per heavy atom. The molecule has 0 unspecified atom stereocenters. The van der Waals surface area contributed by atoms with Gasteiger partial charge in [-0.25, -0.2) is 31.5 Å². The number of nitrogens with one attached hydrogen (secondary N) is 1. The van der Waals surface area contributed by atoms with Crippen LogP contribution >= 0.6 is 0 Å². The van der Waals surface area contributed by atoms with Gasteiger partial charge in [0.15, 0.2) is 17.5 Å². The van der Waals surface area contributed by atoms with Gasteiger partial charge in [0.2, 0.25) is 10.0 Å². The molecule has 0 amide bonds.